The highest BCUT2D eigenvalue weighted by Gasteiger charge is 2.29. The zero-order chi connectivity index (χ0) is 11.6. The predicted octanol–water partition coefficient (Wildman–Crippen LogP) is 1.32. The number of rotatable bonds is 3. The normalized spacial score (nSPS) is 20.4. The molecule has 2 N–H and O–H groups in total. The van der Waals surface area contributed by atoms with Crippen LogP contribution in [0.4, 0.5) is 0 Å². The lowest BCUT2D eigenvalue weighted by atomic mass is 10.4. The van der Waals surface area contributed by atoms with Gasteiger partial charge in [0.1, 0.15) is 6.61 Å². The van der Waals surface area contributed by atoms with Crippen LogP contribution in [0.2, 0.25) is 19.1 Å². The van der Waals surface area contributed by atoms with E-state index >= 15 is 0 Å². The van der Waals surface area contributed by atoms with Crippen LogP contribution >= 0.6 is 0 Å². The number of hydrogen-bond donors (Lipinski definition) is 1. The average molecular weight is 234 g/mol. The molecule has 1 aliphatic rings. The van der Waals surface area contributed by atoms with E-state index in [2.05, 4.69) is 48.4 Å². The van der Waals surface area contributed by atoms with Crippen molar-refractivity contribution in [2.24, 2.45) is 10.7 Å². The highest BCUT2D eigenvalue weighted by atomic mass is 28.3. The van der Waals surface area contributed by atoms with Crippen LogP contribution < -0.4 is 10.9 Å². The lowest BCUT2D eigenvalue weighted by Gasteiger charge is -2.24. The molecule has 0 radical (unpaired) electrons. The highest BCUT2D eigenvalue weighted by molar-refractivity contribution is 6.89. The number of nitrogens with two attached hydrogens (primary N) is 1. The topological polar surface area (TPSA) is 47.6 Å². The molecule has 0 fully saturated rings. The highest BCUT2D eigenvalue weighted by Crippen LogP contribution is 2.17. The average Bonchev–Trinajstić information content (AvgIpc) is 2.64. The van der Waals surface area contributed by atoms with E-state index in [1.165, 1.54) is 5.19 Å². The van der Waals surface area contributed by atoms with E-state index in [0.717, 1.165) is 6.04 Å². The molecule has 0 saturated heterocycles. The Labute approximate surface area is 97.3 Å². The molecule has 16 heavy (non-hydrogen) atoms. The molecule has 4 heteroatoms. The molecule has 1 heterocycles. The standard InChI is InChI=1S/C12H18N2OSi/c1-16(2,11-6-4-3-5-7-11)9-10-8-15-12(13)14-10/h3-7,10H,8-9H2,1-2H3,(H2,13,14)/t10-/m1/s1. The smallest absolute Gasteiger partial charge is 0.282 e. The van der Waals surface area contributed by atoms with Gasteiger partial charge in [-0.3, -0.25) is 0 Å². The second-order valence-corrected chi connectivity index (χ2v) is 9.64. The molecule has 0 bridgehead atoms. The van der Waals surface area contributed by atoms with E-state index < -0.39 is 8.07 Å². The van der Waals surface area contributed by atoms with Crippen LogP contribution in [0.25, 0.3) is 0 Å². The largest absolute Gasteiger partial charge is 0.463 e. The monoisotopic (exact) mass is 234 g/mol. The van der Waals surface area contributed by atoms with Crippen molar-refractivity contribution in [1.82, 2.24) is 0 Å². The molecule has 0 aromatic heterocycles. The third-order valence-electron chi connectivity index (χ3n) is 3.03. The van der Waals surface area contributed by atoms with Crippen molar-refractivity contribution in [2.75, 3.05) is 6.61 Å². The minimum absolute atomic E-state index is 0.252. The second-order valence-electron chi connectivity index (χ2n) is 4.89. The molecule has 0 aliphatic carbocycles. The number of hydrogen-bond acceptors (Lipinski definition) is 3. The summed E-state index contributed by atoms with van der Waals surface area (Å²) >= 11 is 0. The second kappa shape index (κ2) is 4.29. The maximum Gasteiger partial charge on any atom is 0.282 e. The maximum absolute atomic E-state index is 5.53. The van der Waals surface area contributed by atoms with Gasteiger partial charge in [-0.2, -0.15) is 0 Å². The molecule has 0 unspecified atom stereocenters. The summed E-state index contributed by atoms with van der Waals surface area (Å²) in [5.41, 5.74) is 5.53. The fourth-order valence-electron chi connectivity index (χ4n) is 2.14. The molecule has 0 saturated carbocycles. The van der Waals surface area contributed by atoms with Gasteiger partial charge in [0.05, 0.1) is 14.1 Å². The first-order valence-electron chi connectivity index (χ1n) is 5.59. The van der Waals surface area contributed by atoms with Crippen LogP contribution in [0.5, 0.6) is 0 Å². The van der Waals surface area contributed by atoms with Gasteiger partial charge in [0, 0.05) is 0 Å². The SMILES string of the molecule is C[Si](C)(C[C@H]1COC(N)=N1)c1ccccc1. The van der Waals surface area contributed by atoms with Gasteiger partial charge < -0.3 is 10.5 Å². The predicted molar refractivity (Wildman–Crippen MR) is 69.7 cm³/mol. The Hall–Kier alpha value is -1.29. The summed E-state index contributed by atoms with van der Waals surface area (Å²) in [6.07, 6.45) is 0. The van der Waals surface area contributed by atoms with E-state index in [1.807, 2.05) is 0 Å². The summed E-state index contributed by atoms with van der Waals surface area (Å²) in [5, 5.41) is 1.47. The molecule has 3 nitrogen and oxygen atoms in total. The van der Waals surface area contributed by atoms with Gasteiger partial charge in [0.2, 0.25) is 0 Å². The number of ether oxygens (including phenoxy) is 1. The molecule has 1 aromatic carbocycles. The van der Waals surface area contributed by atoms with Crippen molar-refractivity contribution in [1.29, 1.82) is 0 Å². The number of nitrogens with zero attached hydrogens (tertiary/aromatic N) is 1. The number of aliphatic imine (C=N–C) groups is 1. The van der Waals surface area contributed by atoms with Crippen LogP contribution in [-0.2, 0) is 4.74 Å². The molecule has 86 valence electrons. The van der Waals surface area contributed by atoms with Gasteiger partial charge in [-0.25, -0.2) is 4.99 Å². The molecular formula is C12H18N2OSi. The summed E-state index contributed by atoms with van der Waals surface area (Å²) in [7, 11) is -1.42. The Morgan fingerprint density at radius 3 is 2.62 bits per heavy atom. The Balaban J connectivity index is 2.09. The van der Waals surface area contributed by atoms with Crippen molar-refractivity contribution in [3.8, 4) is 0 Å². The zero-order valence-corrected chi connectivity index (χ0v) is 10.8. The van der Waals surface area contributed by atoms with E-state index in [4.69, 9.17) is 10.5 Å². The summed E-state index contributed by atoms with van der Waals surface area (Å²) in [6, 6.07) is 12.4. The first-order valence-corrected chi connectivity index (χ1v) is 8.80. The van der Waals surface area contributed by atoms with Gasteiger partial charge in [0.15, 0.2) is 0 Å². The van der Waals surface area contributed by atoms with Crippen molar-refractivity contribution < 1.29 is 4.74 Å². The maximum atomic E-state index is 5.53. The van der Waals surface area contributed by atoms with Gasteiger partial charge >= 0.3 is 0 Å². The third kappa shape index (κ3) is 2.44. The van der Waals surface area contributed by atoms with Crippen LogP contribution in [0.1, 0.15) is 0 Å². The summed E-state index contributed by atoms with van der Waals surface area (Å²) in [6.45, 7) is 5.38. The molecule has 1 aliphatic heterocycles. The van der Waals surface area contributed by atoms with Crippen molar-refractivity contribution >= 4 is 19.3 Å². The molecular weight excluding hydrogens is 216 g/mol. The fraction of sp³-hybridized carbons (Fsp3) is 0.417. The lowest BCUT2D eigenvalue weighted by molar-refractivity contribution is 0.318. The van der Waals surface area contributed by atoms with Crippen LogP contribution in [0.3, 0.4) is 0 Å². The molecule has 1 aromatic rings. The minimum Gasteiger partial charge on any atom is -0.463 e. The molecule has 1 atom stereocenters. The Morgan fingerprint density at radius 1 is 1.38 bits per heavy atom. The first kappa shape index (κ1) is 11.2. The van der Waals surface area contributed by atoms with Crippen LogP contribution in [-0.4, -0.2) is 26.7 Å². The van der Waals surface area contributed by atoms with Crippen molar-refractivity contribution in [3.05, 3.63) is 30.3 Å². The first-order chi connectivity index (χ1) is 7.58. The van der Waals surface area contributed by atoms with E-state index in [9.17, 15) is 0 Å². The summed E-state index contributed by atoms with van der Waals surface area (Å²) in [4.78, 5) is 4.31. The minimum atomic E-state index is -1.42. The number of benzene rings is 1. The summed E-state index contributed by atoms with van der Waals surface area (Å²) < 4.78 is 5.20. The zero-order valence-electron chi connectivity index (χ0n) is 9.81. The van der Waals surface area contributed by atoms with Crippen LogP contribution in [0, 0.1) is 0 Å². The fourth-order valence-corrected chi connectivity index (χ4v) is 4.85. The van der Waals surface area contributed by atoms with Gasteiger partial charge in [-0.1, -0.05) is 48.6 Å². The van der Waals surface area contributed by atoms with Gasteiger partial charge in [0.25, 0.3) is 6.02 Å². The summed E-state index contributed by atoms with van der Waals surface area (Å²) in [5.74, 6) is 0. The molecule has 0 spiro atoms. The van der Waals surface area contributed by atoms with Gasteiger partial charge in [-0.15, -0.1) is 0 Å². The third-order valence-corrected chi connectivity index (χ3v) is 6.42. The van der Waals surface area contributed by atoms with E-state index in [-0.39, 0.29) is 6.04 Å². The van der Waals surface area contributed by atoms with E-state index in [0.29, 0.717) is 12.6 Å². The van der Waals surface area contributed by atoms with Crippen molar-refractivity contribution in [3.63, 3.8) is 0 Å². The Morgan fingerprint density at radius 2 is 2.06 bits per heavy atom. The van der Waals surface area contributed by atoms with E-state index in [1.54, 1.807) is 0 Å². The molecule has 0 amide bonds. The van der Waals surface area contributed by atoms with Crippen LogP contribution in [0.15, 0.2) is 35.3 Å². The Bertz CT molecular complexity index is 389. The van der Waals surface area contributed by atoms with Crippen molar-refractivity contribution in [2.45, 2.75) is 25.2 Å². The van der Waals surface area contributed by atoms with Gasteiger partial charge in [-0.05, 0) is 6.04 Å². The lowest BCUT2D eigenvalue weighted by Crippen LogP contribution is -2.43. The Kier molecular flexibility index (Phi) is 3.00. The molecule has 2 rings (SSSR count). The number of amidine groups is 1. The quantitative estimate of drug-likeness (QED) is 0.802.